The Labute approximate surface area is 114 Å². The standard InChI is InChI=1S/C13H11ClFN3O/c1-16-9-2-3-10-13(12(9)15)17-11(6-14)18(10)7-8-4-5-19-8/h2-3,8H,4-7H2/t8-/m0/s1. The summed E-state index contributed by atoms with van der Waals surface area (Å²) in [4.78, 5) is 7.35. The van der Waals surface area contributed by atoms with Gasteiger partial charge in [-0.25, -0.2) is 14.2 Å². The van der Waals surface area contributed by atoms with Crippen LogP contribution in [0.1, 0.15) is 12.2 Å². The van der Waals surface area contributed by atoms with Gasteiger partial charge in [0.1, 0.15) is 11.3 Å². The van der Waals surface area contributed by atoms with E-state index in [0.717, 1.165) is 13.0 Å². The predicted molar refractivity (Wildman–Crippen MR) is 69.9 cm³/mol. The monoisotopic (exact) mass is 279 g/mol. The molecule has 19 heavy (non-hydrogen) atoms. The first-order chi connectivity index (χ1) is 9.24. The molecule has 98 valence electrons. The van der Waals surface area contributed by atoms with Gasteiger partial charge in [-0.3, -0.25) is 0 Å². The molecule has 1 saturated heterocycles. The number of ether oxygens (including phenoxy) is 1. The van der Waals surface area contributed by atoms with Crippen molar-refractivity contribution in [2.45, 2.75) is 24.9 Å². The molecule has 0 radical (unpaired) electrons. The molecule has 4 nitrogen and oxygen atoms in total. The smallest absolute Gasteiger partial charge is 0.224 e. The van der Waals surface area contributed by atoms with Crippen LogP contribution in [0.15, 0.2) is 12.1 Å². The van der Waals surface area contributed by atoms with Crippen LogP contribution in [0.4, 0.5) is 10.1 Å². The van der Waals surface area contributed by atoms with Gasteiger partial charge in [-0.15, -0.1) is 11.6 Å². The van der Waals surface area contributed by atoms with E-state index in [1.807, 2.05) is 4.57 Å². The maximum Gasteiger partial charge on any atom is 0.224 e. The summed E-state index contributed by atoms with van der Waals surface area (Å²) in [7, 11) is 0. The summed E-state index contributed by atoms with van der Waals surface area (Å²) in [5, 5.41) is 0. The lowest BCUT2D eigenvalue weighted by Gasteiger charge is -2.27. The van der Waals surface area contributed by atoms with Gasteiger partial charge in [-0.2, -0.15) is 0 Å². The van der Waals surface area contributed by atoms with Crippen LogP contribution < -0.4 is 0 Å². The van der Waals surface area contributed by atoms with E-state index in [1.165, 1.54) is 6.07 Å². The number of hydrogen-bond donors (Lipinski definition) is 0. The van der Waals surface area contributed by atoms with Gasteiger partial charge in [-0.1, -0.05) is 6.07 Å². The summed E-state index contributed by atoms with van der Waals surface area (Å²) in [5.74, 6) is 0.231. The fourth-order valence-corrected chi connectivity index (χ4v) is 2.42. The second kappa shape index (κ2) is 4.80. The van der Waals surface area contributed by atoms with Gasteiger partial charge >= 0.3 is 0 Å². The second-order valence-corrected chi connectivity index (χ2v) is 4.70. The summed E-state index contributed by atoms with van der Waals surface area (Å²) < 4.78 is 21.3. The van der Waals surface area contributed by atoms with Crippen molar-refractivity contribution in [1.82, 2.24) is 9.55 Å². The van der Waals surface area contributed by atoms with Crippen LogP contribution in [-0.4, -0.2) is 22.3 Å². The van der Waals surface area contributed by atoms with Crippen molar-refractivity contribution >= 4 is 28.3 Å². The van der Waals surface area contributed by atoms with Gasteiger partial charge in [0, 0.05) is 6.61 Å². The molecule has 1 aromatic carbocycles. The van der Waals surface area contributed by atoms with Crippen molar-refractivity contribution in [3.63, 3.8) is 0 Å². The number of rotatable bonds is 3. The molecule has 1 aliphatic rings. The lowest BCUT2D eigenvalue weighted by atomic mass is 10.2. The summed E-state index contributed by atoms with van der Waals surface area (Å²) in [6, 6.07) is 3.19. The van der Waals surface area contributed by atoms with Crippen molar-refractivity contribution in [3.8, 4) is 0 Å². The molecule has 1 aliphatic heterocycles. The van der Waals surface area contributed by atoms with Crippen molar-refractivity contribution in [1.29, 1.82) is 0 Å². The van der Waals surface area contributed by atoms with Gasteiger partial charge in [-0.05, 0) is 12.5 Å². The third-order valence-electron chi connectivity index (χ3n) is 3.34. The van der Waals surface area contributed by atoms with Gasteiger partial charge in [0.15, 0.2) is 5.82 Å². The number of hydrogen-bond acceptors (Lipinski definition) is 2. The van der Waals surface area contributed by atoms with Crippen LogP contribution in [0.5, 0.6) is 0 Å². The van der Waals surface area contributed by atoms with Gasteiger partial charge in [0.25, 0.3) is 0 Å². The fourth-order valence-electron chi connectivity index (χ4n) is 2.22. The maximum atomic E-state index is 14.1. The molecule has 1 fully saturated rings. The van der Waals surface area contributed by atoms with Crippen molar-refractivity contribution < 1.29 is 9.13 Å². The van der Waals surface area contributed by atoms with Crippen molar-refractivity contribution in [3.05, 3.63) is 35.2 Å². The molecule has 1 atom stereocenters. The molecular weight excluding hydrogens is 269 g/mol. The predicted octanol–water partition coefficient (Wildman–Crippen LogP) is 3.25. The van der Waals surface area contributed by atoms with E-state index in [-0.39, 0.29) is 23.2 Å². The minimum atomic E-state index is -0.577. The lowest BCUT2D eigenvalue weighted by Crippen LogP contribution is -2.31. The third-order valence-corrected chi connectivity index (χ3v) is 3.58. The first kappa shape index (κ1) is 12.4. The highest BCUT2D eigenvalue weighted by molar-refractivity contribution is 6.16. The van der Waals surface area contributed by atoms with Gasteiger partial charge in [0.05, 0.1) is 30.6 Å². The molecule has 0 N–H and O–H groups in total. The third kappa shape index (κ3) is 1.97. The molecule has 2 heterocycles. The minimum Gasteiger partial charge on any atom is -0.376 e. The van der Waals surface area contributed by atoms with E-state index < -0.39 is 5.82 Å². The number of aromatic nitrogens is 2. The molecule has 2 aromatic rings. The Morgan fingerprint density at radius 2 is 2.37 bits per heavy atom. The summed E-state index contributed by atoms with van der Waals surface area (Å²) >= 11 is 5.87. The van der Waals surface area contributed by atoms with Crippen molar-refractivity contribution in [2.24, 2.45) is 0 Å². The Morgan fingerprint density at radius 1 is 1.58 bits per heavy atom. The molecular formula is C13H11ClFN3O. The largest absolute Gasteiger partial charge is 0.376 e. The molecule has 0 unspecified atom stereocenters. The number of alkyl halides is 1. The minimum absolute atomic E-state index is 0.0156. The highest BCUT2D eigenvalue weighted by atomic mass is 35.5. The molecule has 0 aliphatic carbocycles. The molecule has 3 rings (SSSR count). The summed E-state index contributed by atoms with van der Waals surface area (Å²) in [6.45, 7) is 8.31. The van der Waals surface area contributed by atoms with E-state index in [2.05, 4.69) is 9.83 Å². The van der Waals surface area contributed by atoms with Crippen LogP contribution in [-0.2, 0) is 17.2 Å². The summed E-state index contributed by atoms with van der Waals surface area (Å²) in [5.41, 5.74) is 0.859. The number of imidazole rings is 1. The quantitative estimate of drug-likeness (QED) is 0.638. The first-order valence-corrected chi connectivity index (χ1v) is 6.50. The Bertz CT molecular complexity index is 673. The lowest BCUT2D eigenvalue weighted by molar-refractivity contribution is -0.0589. The molecule has 0 saturated carbocycles. The molecule has 0 amide bonds. The van der Waals surface area contributed by atoms with E-state index in [0.29, 0.717) is 17.9 Å². The Hall–Kier alpha value is -1.64. The number of halogens is 2. The highest BCUT2D eigenvalue weighted by Gasteiger charge is 2.23. The first-order valence-electron chi connectivity index (χ1n) is 5.97. The highest BCUT2D eigenvalue weighted by Crippen LogP contribution is 2.28. The van der Waals surface area contributed by atoms with E-state index in [1.54, 1.807) is 6.07 Å². The van der Waals surface area contributed by atoms with Gasteiger partial charge < -0.3 is 9.30 Å². The zero-order chi connectivity index (χ0) is 13.4. The van der Waals surface area contributed by atoms with Gasteiger partial charge in [0.2, 0.25) is 5.69 Å². The molecule has 0 bridgehead atoms. The van der Waals surface area contributed by atoms with E-state index in [4.69, 9.17) is 22.9 Å². The normalized spacial score (nSPS) is 18.3. The zero-order valence-electron chi connectivity index (χ0n) is 10.1. The van der Waals surface area contributed by atoms with Crippen LogP contribution in [0.2, 0.25) is 0 Å². The fraction of sp³-hybridized carbons (Fsp3) is 0.385. The van der Waals surface area contributed by atoms with E-state index in [9.17, 15) is 4.39 Å². The Balaban J connectivity index is 2.13. The molecule has 0 spiro atoms. The van der Waals surface area contributed by atoms with Crippen molar-refractivity contribution in [2.75, 3.05) is 6.61 Å². The topological polar surface area (TPSA) is 31.4 Å². The van der Waals surface area contributed by atoms with Crippen LogP contribution in [0.3, 0.4) is 0 Å². The molecule has 6 heteroatoms. The summed E-state index contributed by atoms with van der Waals surface area (Å²) in [6.07, 6.45) is 1.13. The Kier molecular flexibility index (Phi) is 3.13. The number of nitrogens with zero attached hydrogens (tertiary/aromatic N) is 3. The van der Waals surface area contributed by atoms with Crippen LogP contribution >= 0.6 is 11.6 Å². The number of benzene rings is 1. The number of fused-ring (bicyclic) bond motifs is 1. The van der Waals surface area contributed by atoms with E-state index >= 15 is 0 Å². The second-order valence-electron chi connectivity index (χ2n) is 4.43. The van der Waals surface area contributed by atoms with Crippen LogP contribution in [0.25, 0.3) is 15.9 Å². The Morgan fingerprint density at radius 3 is 2.95 bits per heavy atom. The maximum absolute atomic E-state index is 14.1. The van der Waals surface area contributed by atoms with Crippen LogP contribution in [0, 0.1) is 12.4 Å². The average molecular weight is 280 g/mol. The molecule has 1 aromatic heterocycles. The SMILES string of the molecule is [C-]#[N+]c1ccc2c(nc(CCl)n2C[C@@H]2CCO2)c1F. The zero-order valence-corrected chi connectivity index (χ0v) is 10.8. The average Bonchev–Trinajstić information content (AvgIpc) is 2.73.